The van der Waals surface area contributed by atoms with E-state index in [9.17, 15) is 4.79 Å². The Balaban J connectivity index is 1.71. The summed E-state index contributed by atoms with van der Waals surface area (Å²) in [5.41, 5.74) is 4.99. The maximum absolute atomic E-state index is 12.1. The Morgan fingerprint density at radius 3 is 2.52 bits per heavy atom. The zero-order valence-electron chi connectivity index (χ0n) is 15.4. The van der Waals surface area contributed by atoms with Crippen molar-refractivity contribution in [3.63, 3.8) is 0 Å². The number of aryl methyl sites for hydroxylation is 2. The van der Waals surface area contributed by atoms with Gasteiger partial charge in [-0.1, -0.05) is 36.4 Å². The molecule has 4 aromatic rings. The molecule has 0 bridgehead atoms. The highest BCUT2D eigenvalue weighted by atomic mass is 32.1. The van der Waals surface area contributed by atoms with Crippen molar-refractivity contribution in [3.8, 4) is 0 Å². The van der Waals surface area contributed by atoms with E-state index in [0.717, 1.165) is 16.5 Å². The molecule has 0 saturated heterocycles. The average Bonchev–Trinajstić information content (AvgIpc) is 3.19. The Labute approximate surface area is 162 Å². The molecule has 0 aliphatic heterocycles. The number of thiophene rings is 1. The summed E-state index contributed by atoms with van der Waals surface area (Å²) in [6.45, 7) is 4.84. The summed E-state index contributed by atoms with van der Waals surface area (Å²) in [6.07, 6.45) is 0. The van der Waals surface area contributed by atoms with Crippen molar-refractivity contribution >= 4 is 22.3 Å². The van der Waals surface area contributed by atoms with Crippen LogP contribution in [0.15, 0.2) is 75.3 Å². The third kappa shape index (κ3) is 3.72. The van der Waals surface area contributed by atoms with Gasteiger partial charge in [0.2, 0.25) is 0 Å². The standard InChI is InChI=1S/C23H21NO2S/c1-15-11-19-18(13-22(25)26-20(19)12-16(15)2)14-24-23(21-9-6-10-27-21)17-7-4-3-5-8-17/h3-13,23-24H,14H2,1-2H3/p+1/t23-/m1/s1. The SMILES string of the molecule is Cc1cc2oc(=O)cc(C[NH2+][C@H](c3ccccc3)c3cccs3)c2cc1C. The van der Waals surface area contributed by atoms with Gasteiger partial charge in [0, 0.05) is 22.6 Å². The van der Waals surface area contributed by atoms with Crippen molar-refractivity contribution in [3.05, 3.63) is 104 Å². The van der Waals surface area contributed by atoms with Crippen LogP contribution in [0.25, 0.3) is 11.0 Å². The molecule has 0 amide bonds. The molecular weight excluding hydrogens is 354 g/mol. The molecule has 4 rings (SSSR count). The number of quaternary nitrogens is 1. The Hall–Kier alpha value is -2.69. The van der Waals surface area contributed by atoms with E-state index >= 15 is 0 Å². The predicted molar refractivity (Wildman–Crippen MR) is 110 cm³/mol. The first-order valence-corrected chi connectivity index (χ1v) is 9.95. The molecule has 1 atom stereocenters. The molecule has 2 aromatic carbocycles. The van der Waals surface area contributed by atoms with Gasteiger partial charge in [-0.05, 0) is 48.6 Å². The number of benzene rings is 2. The van der Waals surface area contributed by atoms with Gasteiger partial charge in [0.15, 0.2) is 0 Å². The Bertz CT molecular complexity index is 1110. The summed E-state index contributed by atoms with van der Waals surface area (Å²) in [7, 11) is 0. The van der Waals surface area contributed by atoms with Crippen molar-refractivity contribution in [1.82, 2.24) is 0 Å². The van der Waals surface area contributed by atoms with Crippen molar-refractivity contribution in [2.24, 2.45) is 0 Å². The zero-order chi connectivity index (χ0) is 18.8. The number of hydrogen-bond donors (Lipinski definition) is 1. The summed E-state index contributed by atoms with van der Waals surface area (Å²) < 4.78 is 5.43. The Kier molecular flexibility index (Phi) is 4.92. The van der Waals surface area contributed by atoms with Gasteiger partial charge in [0.1, 0.15) is 18.2 Å². The van der Waals surface area contributed by atoms with Gasteiger partial charge >= 0.3 is 5.63 Å². The van der Waals surface area contributed by atoms with Crippen molar-refractivity contribution in [2.45, 2.75) is 26.4 Å². The molecular formula is C23H22NO2S+. The van der Waals surface area contributed by atoms with E-state index in [0.29, 0.717) is 12.1 Å². The Morgan fingerprint density at radius 2 is 1.78 bits per heavy atom. The summed E-state index contributed by atoms with van der Waals surface area (Å²) in [4.78, 5) is 13.4. The highest BCUT2D eigenvalue weighted by molar-refractivity contribution is 7.10. The lowest BCUT2D eigenvalue weighted by atomic mass is 10.0. The minimum absolute atomic E-state index is 0.208. The van der Waals surface area contributed by atoms with Gasteiger partial charge in [0.05, 0.1) is 4.88 Å². The minimum atomic E-state index is -0.290. The van der Waals surface area contributed by atoms with E-state index < -0.39 is 0 Å². The van der Waals surface area contributed by atoms with Gasteiger partial charge in [-0.3, -0.25) is 0 Å². The fraction of sp³-hybridized carbons (Fsp3) is 0.174. The third-order valence-corrected chi connectivity index (χ3v) is 5.98. The monoisotopic (exact) mass is 376 g/mol. The quantitative estimate of drug-likeness (QED) is 0.527. The van der Waals surface area contributed by atoms with Crippen LogP contribution in [-0.4, -0.2) is 0 Å². The number of nitrogens with two attached hydrogens (primary N) is 1. The molecule has 2 heterocycles. The molecule has 136 valence electrons. The van der Waals surface area contributed by atoms with Gasteiger partial charge in [-0.15, -0.1) is 11.3 Å². The van der Waals surface area contributed by atoms with Crippen LogP contribution in [0.2, 0.25) is 0 Å². The van der Waals surface area contributed by atoms with Crippen molar-refractivity contribution in [1.29, 1.82) is 0 Å². The molecule has 0 saturated carbocycles. The van der Waals surface area contributed by atoms with Gasteiger partial charge in [-0.25, -0.2) is 4.79 Å². The zero-order valence-corrected chi connectivity index (χ0v) is 16.3. The van der Waals surface area contributed by atoms with Crippen LogP contribution in [0.3, 0.4) is 0 Å². The summed E-state index contributed by atoms with van der Waals surface area (Å²) in [5.74, 6) is 0. The molecule has 4 heteroatoms. The van der Waals surface area contributed by atoms with E-state index in [1.807, 2.05) is 19.1 Å². The second-order valence-electron chi connectivity index (χ2n) is 6.87. The van der Waals surface area contributed by atoms with Crippen LogP contribution in [0, 0.1) is 13.8 Å². The lowest BCUT2D eigenvalue weighted by Gasteiger charge is -2.15. The first-order valence-electron chi connectivity index (χ1n) is 9.07. The molecule has 0 unspecified atom stereocenters. The summed E-state index contributed by atoms with van der Waals surface area (Å²) in [5, 5.41) is 5.43. The molecule has 0 fully saturated rings. The number of fused-ring (bicyclic) bond motifs is 1. The molecule has 0 aliphatic rings. The first-order chi connectivity index (χ1) is 13.1. The third-order valence-electron chi connectivity index (χ3n) is 5.03. The maximum Gasteiger partial charge on any atom is 0.336 e. The second-order valence-corrected chi connectivity index (χ2v) is 7.85. The molecule has 27 heavy (non-hydrogen) atoms. The summed E-state index contributed by atoms with van der Waals surface area (Å²) in [6, 6.07) is 20.7. The van der Waals surface area contributed by atoms with Crippen molar-refractivity contribution < 1.29 is 9.73 Å². The Morgan fingerprint density at radius 1 is 1.00 bits per heavy atom. The smallest absolute Gasteiger partial charge is 0.336 e. The molecule has 2 aromatic heterocycles. The second kappa shape index (κ2) is 7.51. The van der Waals surface area contributed by atoms with Gasteiger partial charge < -0.3 is 9.73 Å². The lowest BCUT2D eigenvalue weighted by molar-refractivity contribution is -0.701. The fourth-order valence-electron chi connectivity index (χ4n) is 3.44. The predicted octanol–water partition coefficient (Wildman–Crippen LogP) is 4.32. The highest BCUT2D eigenvalue weighted by Crippen LogP contribution is 2.24. The van der Waals surface area contributed by atoms with Crippen LogP contribution >= 0.6 is 11.3 Å². The highest BCUT2D eigenvalue weighted by Gasteiger charge is 2.19. The van der Waals surface area contributed by atoms with Crippen LogP contribution in [0.5, 0.6) is 0 Å². The van der Waals surface area contributed by atoms with E-state index in [4.69, 9.17) is 4.42 Å². The lowest BCUT2D eigenvalue weighted by Crippen LogP contribution is -2.83. The van der Waals surface area contributed by atoms with Gasteiger partial charge in [0.25, 0.3) is 0 Å². The van der Waals surface area contributed by atoms with E-state index in [1.165, 1.54) is 16.0 Å². The molecule has 3 nitrogen and oxygen atoms in total. The number of rotatable bonds is 5. The van der Waals surface area contributed by atoms with Crippen LogP contribution in [0.4, 0.5) is 0 Å². The van der Waals surface area contributed by atoms with Crippen molar-refractivity contribution in [2.75, 3.05) is 0 Å². The molecule has 0 spiro atoms. The summed E-state index contributed by atoms with van der Waals surface area (Å²) >= 11 is 1.76. The number of hydrogen-bond acceptors (Lipinski definition) is 3. The van der Waals surface area contributed by atoms with Crippen LogP contribution < -0.4 is 10.9 Å². The maximum atomic E-state index is 12.1. The minimum Gasteiger partial charge on any atom is -0.423 e. The average molecular weight is 377 g/mol. The molecule has 0 radical (unpaired) electrons. The van der Waals surface area contributed by atoms with Gasteiger partial charge in [-0.2, -0.15) is 0 Å². The van der Waals surface area contributed by atoms with Crippen LogP contribution in [0.1, 0.15) is 33.2 Å². The first kappa shape index (κ1) is 17.7. The van der Waals surface area contributed by atoms with E-state index in [2.05, 4.69) is 60.1 Å². The molecule has 2 N–H and O–H groups in total. The van der Waals surface area contributed by atoms with E-state index in [-0.39, 0.29) is 11.7 Å². The topological polar surface area (TPSA) is 46.8 Å². The fourth-order valence-corrected chi connectivity index (χ4v) is 4.29. The normalized spacial score (nSPS) is 12.4. The molecule has 0 aliphatic carbocycles. The largest absolute Gasteiger partial charge is 0.423 e. The van der Waals surface area contributed by atoms with Crippen LogP contribution in [-0.2, 0) is 6.54 Å². The van der Waals surface area contributed by atoms with E-state index in [1.54, 1.807) is 17.4 Å².